The third-order valence-corrected chi connectivity index (χ3v) is 3.26. The molecule has 2 N–H and O–H groups in total. The van der Waals surface area contributed by atoms with Gasteiger partial charge < -0.3 is 15.4 Å². The molecular weight excluding hydrogens is 292 g/mol. The molecule has 122 valence electrons. The van der Waals surface area contributed by atoms with Gasteiger partial charge in [-0.2, -0.15) is 0 Å². The number of amides is 1. The van der Waals surface area contributed by atoms with Gasteiger partial charge in [-0.25, -0.2) is 0 Å². The molecule has 0 aliphatic rings. The summed E-state index contributed by atoms with van der Waals surface area (Å²) in [6.07, 6.45) is 0.770. The number of carbonyl (C=O) groups is 1. The third-order valence-electron chi connectivity index (χ3n) is 3.26. The minimum atomic E-state index is -0.223. The molecule has 1 aromatic carbocycles. The van der Waals surface area contributed by atoms with Crippen LogP contribution in [-0.4, -0.2) is 36.4 Å². The van der Waals surface area contributed by atoms with E-state index < -0.39 is 0 Å². The van der Waals surface area contributed by atoms with E-state index in [9.17, 15) is 4.79 Å². The summed E-state index contributed by atoms with van der Waals surface area (Å²) < 4.78 is 4.93. The predicted octanol–water partition coefficient (Wildman–Crippen LogP) is 2.16. The molecule has 0 saturated carbocycles. The van der Waals surface area contributed by atoms with Crippen molar-refractivity contribution >= 4 is 11.7 Å². The maximum atomic E-state index is 11.9. The maximum Gasteiger partial charge on any atom is 0.271 e. The monoisotopic (exact) mass is 314 g/mol. The van der Waals surface area contributed by atoms with Crippen LogP contribution in [0.15, 0.2) is 36.4 Å². The number of anilines is 1. The number of methoxy groups -OCH3 is 1. The van der Waals surface area contributed by atoms with Crippen LogP contribution in [-0.2, 0) is 11.3 Å². The number of nitrogens with zero attached hydrogens (tertiary/aromatic N) is 2. The summed E-state index contributed by atoms with van der Waals surface area (Å²) in [5.74, 6) is 0.418. The Kier molecular flexibility index (Phi) is 6.50. The van der Waals surface area contributed by atoms with Gasteiger partial charge in [0.2, 0.25) is 0 Å². The van der Waals surface area contributed by atoms with Gasteiger partial charge in [0.1, 0.15) is 5.82 Å². The Labute approximate surface area is 136 Å². The third kappa shape index (κ3) is 5.67. The fraction of sp³-hybridized carbons (Fsp3) is 0.353. The van der Waals surface area contributed by atoms with Crippen molar-refractivity contribution in [2.75, 3.05) is 25.6 Å². The maximum absolute atomic E-state index is 11.9. The average molecular weight is 314 g/mol. The van der Waals surface area contributed by atoms with Crippen LogP contribution in [0.5, 0.6) is 0 Å². The normalized spacial score (nSPS) is 10.3. The number of hydrogen-bond donors (Lipinski definition) is 2. The molecule has 0 bridgehead atoms. The van der Waals surface area contributed by atoms with E-state index >= 15 is 0 Å². The van der Waals surface area contributed by atoms with Gasteiger partial charge in [-0.3, -0.25) is 4.79 Å². The summed E-state index contributed by atoms with van der Waals surface area (Å²) in [7, 11) is 1.63. The molecule has 1 aromatic heterocycles. The van der Waals surface area contributed by atoms with Crippen LogP contribution in [0.3, 0.4) is 0 Å². The van der Waals surface area contributed by atoms with Crippen molar-refractivity contribution in [3.63, 3.8) is 0 Å². The fourth-order valence-electron chi connectivity index (χ4n) is 2.07. The molecule has 23 heavy (non-hydrogen) atoms. The van der Waals surface area contributed by atoms with E-state index in [1.807, 2.05) is 6.07 Å². The summed E-state index contributed by atoms with van der Waals surface area (Å²) in [5.41, 5.74) is 2.70. The molecule has 0 aliphatic heterocycles. The van der Waals surface area contributed by atoms with Crippen LogP contribution in [0.2, 0.25) is 0 Å². The lowest BCUT2D eigenvalue weighted by atomic mass is 10.1. The van der Waals surface area contributed by atoms with Crippen molar-refractivity contribution in [1.82, 2.24) is 15.5 Å². The van der Waals surface area contributed by atoms with Gasteiger partial charge in [0.15, 0.2) is 5.69 Å². The van der Waals surface area contributed by atoms with Crippen LogP contribution in [0.25, 0.3) is 0 Å². The second-order valence-corrected chi connectivity index (χ2v) is 5.25. The lowest BCUT2D eigenvalue weighted by molar-refractivity contribution is 0.0942. The topological polar surface area (TPSA) is 76.1 Å². The van der Waals surface area contributed by atoms with Crippen LogP contribution in [0.1, 0.15) is 28.0 Å². The molecule has 0 fully saturated rings. The lowest BCUT2D eigenvalue weighted by Gasteiger charge is -2.07. The van der Waals surface area contributed by atoms with Crippen molar-refractivity contribution < 1.29 is 9.53 Å². The van der Waals surface area contributed by atoms with Gasteiger partial charge in [0.25, 0.3) is 5.91 Å². The SMILES string of the molecule is COCCCNC(=O)c1ccc(NCc2cccc(C)c2)nn1. The zero-order chi connectivity index (χ0) is 16.5. The van der Waals surface area contributed by atoms with Crippen LogP contribution >= 0.6 is 0 Å². The highest BCUT2D eigenvalue weighted by Gasteiger charge is 2.07. The fourth-order valence-corrected chi connectivity index (χ4v) is 2.07. The molecule has 0 saturated heterocycles. The Morgan fingerprint density at radius 3 is 2.78 bits per heavy atom. The second-order valence-electron chi connectivity index (χ2n) is 5.25. The Balaban J connectivity index is 1.83. The molecule has 1 heterocycles. The second kappa shape index (κ2) is 8.85. The molecule has 6 nitrogen and oxygen atoms in total. The smallest absolute Gasteiger partial charge is 0.271 e. The number of aryl methyl sites for hydroxylation is 1. The first-order valence-corrected chi connectivity index (χ1v) is 7.59. The van der Waals surface area contributed by atoms with Gasteiger partial charge in [0, 0.05) is 26.8 Å². The lowest BCUT2D eigenvalue weighted by Crippen LogP contribution is -2.26. The van der Waals surface area contributed by atoms with Crippen LogP contribution in [0.4, 0.5) is 5.82 Å². The summed E-state index contributed by atoms with van der Waals surface area (Å²) in [5, 5.41) is 14.0. The number of ether oxygens (including phenoxy) is 1. The highest BCUT2D eigenvalue weighted by atomic mass is 16.5. The number of benzene rings is 1. The van der Waals surface area contributed by atoms with Crippen molar-refractivity contribution in [3.8, 4) is 0 Å². The first-order valence-electron chi connectivity index (χ1n) is 7.59. The standard InChI is InChI=1S/C17H22N4O2/c1-13-5-3-6-14(11-13)12-19-16-8-7-15(20-21-16)17(22)18-9-4-10-23-2/h3,5-8,11H,4,9-10,12H2,1-2H3,(H,18,22)(H,19,21). The molecule has 2 rings (SSSR count). The Bertz CT molecular complexity index is 629. The first-order chi connectivity index (χ1) is 11.2. The van der Waals surface area contributed by atoms with E-state index in [-0.39, 0.29) is 5.91 Å². The number of carbonyl (C=O) groups excluding carboxylic acids is 1. The van der Waals surface area contributed by atoms with Gasteiger partial charge in [0.05, 0.1) is 0 Å². The van der Waals surface area contributed by atoms with Crippen molar-refractivity contribution in [2.24, 2.45) is 0 Å². The molecule has 6 heteroatoms. The van der Waals surface area contributed by atoms with E-state index in [2.05, 4.69) is 46.0 Å². The zero-order valence-corrected chi connectivity index (χ0v) is 13.5. The number of nitrogens with one attached hydrogen (secondary N) is 2. The van der Waals surface area contributed by atoms with E-state index in [0.29, 0.717) is 31.2 Å². The minimum Gasteiger partial charge on any atom is -0.385 e. The molecule has 0 atom stereocenters. The molecule has 0 unspecified atom stereocenters. The molecule has 0 spiro atoms. The highest BCUT2D eigenvalue weighted by molar-refractivity contribution is 5.92. The predicted molar refractivity (Wildman–Crippen MR) is 89.4 cm³/mol. The van der Waals surface area contributed by atoms with Gasteiger partial charge in [-0.15, -0.1) is 10.2 Å². The highest BCUT2D eigenvalue weighted by Crippen LogP contribution is 2.08. The molecule has 1 amide bonds. The first kappa shape index (κ1) is 16.9. The van der Waals surface area contributed by atoms with E-state index in [1.54, 1.807) is 19.2 Å². The van der Waals surface area contributed by atoms with Gasteiger partial charge >= 0.3 is 0 Å². The Hall–Kier alpha value is -2.47. The van der Waals surface area contributed by atoms with E-state index in [4.69, 9.17) is 4.74 Å². The number of hydrogen-bond acceptors (Lipinski definition) is 5. The van der Waals surface area contributed by atoms with Crippen molar-refractivity contribution in [1.29, 1.82) is 0 Å². The van der Waals surface area contributed by atoms with Crippen molar-refractivity contribution in [3.05, 3.63) is 53.2 Å². The number of aromatic nitrogens is 2. The van der Waals surface area contributed by atoms with Crippen LogP contribution in [0, 0.1) is 6.92 Å². The average Bonchev–Trinajstić information content (AvgIpc) is 2.57. The van der Waals surface area contributed by atoms with Crippen molar-refractivity contribution in [2.45, 2.75) is 19.9 Å². The van der Waals surface area contributed by atoms with E-state index in [0.717, 1.165) is 6.42 Å². The summed E-state index contributed by atoms with van der Waals surface area (Å²) in [6, 6.07) is 11.7. The molecular formula is C17H22N4O2. The van der Waals surface area contributed by atoms with Gasteiger partial charge in [-0.1, -0.05) is 29.8 Å². The Morgan fingerprint density at radius 2 is 2.09 bits per heavy atom. The molecule has 0 aliphatic carbocycles. The van der Waals surface area contributed by atoms with Gasteiger partial charge in [-0.05, 0) is 31.0 Å². The molecule has 0 radical (unpaired) electrons. The molecule has 2 aromatic rings. The summed E-state index contributed by atoms with van der Waals surface area (Å²) in [6.45, 7) is 3.90. The summed E-state index contributed by atoms with van der Waals surface area (Å²) in [4.78, 5) is 11.9. The minimum absolute atomic E-state index is 0.223. The summed E-state index contributed by atoms with van der Waals surface area (Å²) >= 11 is 0. The van der Waals surface area contributed by atoms with E-state index in [1.165, 1.54) is 11.1 Å². The number of rotatable bonds is 8. The Morgan fingerprint density at radius 1 is 1.22 bits per heavy atom. The van der Waals surface area contributed by atoms with Crippen LogP contribution < -0.4 is 10.6 Å². The zero-order valence-electron chi connectivity index (χ0n) is 13.5. The quantitative estimate of drug-likeness (QED) is 0.730. The largest absolute Gasteiger partial charge is 0.385 e.